The molecule has 122 heavy (non-hydrogen) atoms. The lowest BCUT2D eigenvalue weighted by Crippen LogP contribution is -2.44. The number of aromatic nitrogens is 4. The van der Waals surface area contributed by atoms with Gasteiger partial charge in [0.05, 0.1) is 83.2 Å². The molecule has 4 aromatic carbocycles. The molecule has 2 atom stereocenters. The summed E-state index contributed by atoms with van der Waals surface area (Å²) in [6.45, 7) is 36.6. The number of hydrogen-bond donors (Lipinski definition) is 14. The van der Waals surface area contributed by atoms with Gasteiger partial charge < -0.3 is 92.0 Å². The van der Waals surface area contributed by atoms with Gasteiger partial charge >= 0.3 is 0 Å². The summed E-state index contributed by atoms with van der Waals surface area (Å²) in [6.07, 6.45) is 5.52. The van der Waals surface area contributed by atoms with E-state index in [1.54, 1.807) is 56.3 Å². The average molecular weight is 1760 g/mol. The molecule has 4 aromatic heterocycles. The monoisotopic (exact) mass is 1760 g/mol. The van der Waals surface area contributed by atoms with Gasteiger partial charge in [-0.05, 0) is 201 Å². The van der Waals surface area contributed by atoms with Crippen molar-refractivity contribution in [1.82, 2.24) is 60.8 Å². The number of benzene rings is 4. The number of hydrogen-bond acceptors (Lipinski definition) is 16. The van der Waals surface area contributed by atoms with Crippen LogP contribution in [0.15, 0.2) is 77.3 Å². The van der Waals surface area contributed by atoms with Crippen LogP contribution in [-0.2, 0) is 28.7 Å². The number of β-amino-alcohol motifs (C(OH)–C–C–N with tert-alkyl or cyclic N) is 2. The number of amides is 8. The molecular weight excluding hydrogens is 1650 g/mol. The second kappa shape index (κ2) is 41.7. The maximum atomic E-state index is 13.7. The molecule has 0 spiro atoms. The third-order valence-corrected chi connectivity index (χ3v) is 23.1. The van der Waals surface area contributed by atoms with Crippen molar-refractivity contribution < 1.29 is 66.8 Å². The number of aromatic amines is 4. The first-order valence-electron chi connectivity index (χ1n) is 41.0. The number of nitrogens with one attached hydrogen (secondary N) is 12. The van der Waals surface area contributed by atoms with Crippen molar-refractivity contribution in [1.29, 1.82) is 0 Å². The highest BCUT2D eigenvalue weighted by Crippen LogP contribution is 2.40. The molecule has 0 bridgehead atoms. The lowest BCUT2D eigenvalue weighted by atomic mass is 10.0. The van der Waals surface area contributed by atoms with Crippen molar-refractivity contribution in [3.8, 4) is 0 Å². The molecule has 0 aliphatic carbocycles. The number of H-pyrrole nitrogens is 4. The van der Waals surface area contributed by atoms with Crippen LogP contribution in [0.1, 0.15) is 159 Å². The number of ether oxygens (including phenoxy) is 2. The zero-order valence-corrected chi connectivity index (χ0v) is 73.2. The van der Waals surface area contributed by atoms with Crippen LogP contribution in [0.3, 0.4) is 0 Å². The van der Waals surface area contributed by atoms with E-state index in [-0.39, 0.29) is 60.3 Å². The summed E-state index contributed by atoms with van der Waals surface area (Å²) >= 11 is 9.57. The number of nitrogens with zero attached hydrogens (tertiary/aromatic N) is 4. The number of halogens is 4. The minimum Gasteiger partial charge on any atom is -0.390 e. The van der Waals surface area contributed by atoms with Crippen molar-refractivity contribution in [3.63, 3.8) is 0 Å². The molecule has 0 saturated carbocycles. The molecule has 10 heterocycles. The van der Waals surface area contributed by atoms with E-state index in [0.29, 0.717) is 164 Å². The number of morpholine rings is 2. The number of aliphatic hydroxyl groups excluding tert-OH is 2. The van der Waals surface area contributed by atoms with Gasteiger partial charge in [0.2, 0.25) is 0 Å². The van der Waals surface area contributed by atoms with Gasteiger partial charge in [-0.25, -0.2) is 8.78 Å². The topological polar surface area (TPSA) is 368 Å². The summed E-state index contributed by atoms with van der Waals surface area (Å²) < 4.78 is 38.9. The van der Waals surface area contributed by atoms with Crippen molar-refractivity contribution in [2.75, 3.05) is 152 Å². The van der Waals surface area contributed by atoms with Crippen LogP contribution in [0, 0.1) is 67.0 Å². The second-order valence-electron chi connectivity index (χ2n) is 30.6. The molecule has 28 nitrogen and oxygen atoms in total. The number of anilines is 4. The van der Waals surface area contributed by atoms with Gasteiger partial charge in [0.15, 0.2) is 0 Å². The summed E-state index contributed by atoms with van der Waals surface area (Å²) in [5.41, 5.74) is 17.8. The average Bonchev–Trinajstić information content (AvgIpc) is 1.65. The lowest BCUT2D eigenvalue weighted by Gasteiger charge is -2.28. The molecule has 2 fully saturated rings. The Bertz CT molecular complexity index is 5080. The van der Waals surface area contributed by atoms with Gasteiger partial charge in [-0.3, -0.25) is 48.2 Å². The number of likely N-dealkylation sites (N-methyl/N-ethyl adjacent to an activating group) is 2. The smallest absolute Gasteiger partial charge is 0.256 e. The van der Waals surface area contributed by atoms with E-state index in [0.717, 1.165) is 121 Å². The first kappa shape index (κ1) is 91.8. The fraction of sp³-hybridized carbons (Fsp3) is 0.378. The van der Waals surface area contributed by atoms with Gasteiger partial charge in [0, 0.05) is 179 Å². The van der Waals surface area contributed by atoms with E-state index >= 15 is 0 Å². The number of fused-ring (bicyclic) bond motifs is 4. The van der Waals surface area contributed by atoms with Gasteiger partial charge in [0.1, 0.15) is 11.6 Å². The van der Waals surface area contributed by atoms with E-state index in [2.05, 4.69) is 126 Å². The number of carbonyl (C=O) groups excluding carboxylic acids is 8. The van der Waals surface area contributed by atoms with E-state index in [4.69, 9.17) is 21.1 Å². The Morgan fingerprint density at radius 1 is 0.451 bits per heavy atom. The largest absolute Gasteiger partial charge is 0.390 e. The summed E-state index contributed by atoms with van der Waals surface area (Å²) in [6, 6.07) is 19.3. The Morgan fingerprint density at radius 3 is 1.06 bits per heavy atom. The van der Waals surface area contributed by atoms with Gasteiger partial charge in [-0.2, -0.15) is 0 Å². The van der Waals surface area contributed by atoms with Crippen molar-refractivity contribution >= 4 is 144 Å². The van der Waals surface area contributed by atoms with E-state index in [9.17, 15) is 57.4 Å². The van der Waals surface area contributed by atoms with Crippen molar-refractivity contribution in [2.45, 2.75) is 95.3 Å². The van der Waals surface area contributed by atoms with Crippen LogP contribution in [-0.4, -0.2) is 240 Å². The van der Waals surface area contributed by atoms with Gasteiger partial charge in [0.25, 0.3) is 47.3 Å². The lowest BCUT2D eigenvalue weighted by molar-refractivity contribution is -0.111. The zero-order valence-electron chi connectivity index (χ0n) is 70.8. The standard InChI is InChI=1S/C23H27ClN4O4.C23H27FN4O4.C22H27BrN4O2.C22H27FN4O2/c2*1-13-20(10-18-17-9-15(24)3-4-19(17)27-22(18)30)26-14(2)21(13)23(31)25-11-16(29)12-28-5-7-32-8-6-28;2*1-5-27(6-2)10-9-24-22(29)20-13(3)19(25-14(20)4)12-17-16-11-15(23)7-8-18(16)26-21(17)28/h2*3-4,9-10,16,26,29H,5-8,11-12H2,1-2H3,(H,25,31)(H,27,30);2*7-8,11-12,25H,5-6,9-10H2,1-4H3,(H,24,29)(H,26,28)/b2*18-10-;2*17-12-/t2*16-;;/m01../s1. The molecule has 8 amide bonds. The molecular formula is C90H108BrClF2N16O12. The fourth-order valence-electron chi connectivity index (χ4n) is 15.6. The van der Waals surface area contributed by atoms with E-state index in [1.807, 2.05) is 65.8 Å². The minimum atomic E-state index is -0.688. The minimum absolute atomic E-state index is 0.0907. The van der Waals surface area contributed by atoms with E-state index < -0.39 is 23.8 Å². The highest BCUT2D eigenvalue weighted by atomic mass is 79.9. The summed E-state index contributed by atoms with van der Waals surface area (Å²) in [7, 11) is 0. The number of aryl methyl sites for hydroxylation is 4. The SMILES string of the molecule is CCN(CC)CCNC(=O)c1c(C)[nH]c(/C=C2\C(=O)Nc3ccc(Br)cc32)c1C.CCN(CC)CCNC(=O)c1c(C)[nH]c(/C=C2\C(=O)Nc3ccc(F)cc32)c1C.Cc1[nH]c(/C=C2\C(=O)Nc3ccc(Cl)cc32)c(C)c1C(=O)NC[C@H](O)CN1CCOCC1.Cc1[nH]c(/C=C2\C(=O)Nc3ccc(F)cc32)c(C)c1C(=O)NC[C@@H](O)CN1CCOCC1. The molecule has 8 aromatic rings. The maximum Gasteiger partial charge on any atom is 0.256 e. The van der Waals surface area contributed by atoms with Gasteiger partial charge in [-0.15, -0.1) is 0 Å². The Kier molecular flexibility index (Phi) is 31.4. The molecule has 32 heteroatoms. The quantitative estimate of drug-likeness (QED) is 0.0224. The number of aliphatic hydroxyl groups is 2. The third-order valence-electron chi connectivity index (χ3n) is 22.4. The normalized spacial score (nSPS) is 16.6. The van der Waals surface area contributed by atoms with Crippen LogP contribution < -0.4 is 42.5 Å². The first-order valence-corrected chi connectivity index (χ1v) is 42.2. The van der Waals surface area contributed by atoms with Crippen LogP contribution in [0.2, 0.25) is 5.02 Å². The highest BCUT2D eigenvalue weighted by Gasteiger charge is 2.32. The Morgan fingerprint density at radius 2 is 0.738 bits per heavy atom. The van der Waals surface area contributed by atoms with Gasteiger partial charge in [-0.1, -0.05) is 55.2 Å². The Hall–Kier alpha value is -11.0. The van der Waals surface area contributed by atoms with Crippen LogP contribution in [0.25, 0.3) is 46.6 Å². The Balaban J connectivity index is 0.000000159. The maximum absolute atomic E-state index is 13.7. The predicted molar refractivity (Wildman–Crippen MR) is 477 cm³/mol. The van der Waals surface area contributed by atoms with Crippen LogP contribution in [0.5, 0.6) is 0 Å². The summed E-state index contributed by atoms with van der Waals surface area (Å²) in [5.74, 6) is -2.61. The van der Waals surface area contributed by atoms with E-state index in [1.165, 1.54) is 30.3 Å². The molecule has 6 aliphatic rings. The molecule has 648 valence electrons. The van der Waals surface area contributed by atoms with Crippen molar-refractivity contribution in [2.24, 2.45) is 0 Å². The fourth-order valence-corrected chi connectivity index (χ4v) is 16.2. The van der Waals surface area contributed by atoms with Crippen LogP contribution in [0.4, 0.5) is 31.5 Å². The predicted octanol–water partition coefficient (Wildman–Crippen LogP) is 11.2. The Labute approximate surface area is 721 Å². The summed E-state index contributed by atoms with van der Waals surface area (Å²) in [5, 5.41) is 43.9. The third kappa shape index (κ3) is 22.3. The van der Waals surface area contributed by atoms with Crippen LogP contribution >= 0.6 is 27.5 Å². The molecule has 2 saturated heterocycles. The number of rotatable bonds is 26. The highest BCUT2D eigenvalue weighted by molar-refractivity contribution is 9.10. The molecule has 0 unspecified atom stereocenters. The first-order chi connectivity index (χ1) is 58.4. The van der Waals surface area contributed by atoms with Crippen molar-refractivity contribution in [3.05, 3.63) is 206 Å². The second-order valence-corrected chi connectivity index (χ2v) is 31.9. The molecule has 14 N–H and O–H groups in total. The number of carbonyl (C=O) groups is 8. The zero-order chi connectivity index (χ0) is 87.9. The summed E-state index contributed by atoms with van der Waals surface area (Å²) in [4.78, 5) is 122. The molecule has 0 radical (unpaired) electrons. The molecule has 6 aliphatic heterocycles. The molecule has 14 rings (SSSR count).